The number of aromatic carboxylic acids is 1. The Kier molecular flexibility index (Phi) is 3.65. The fourth-order valence-electron chi connectivity index (χ4n) is 2.15. The second-order valence-corrected chi connectivity index (χ2v) is 4.96. The number of carbonyl (C=O) groups is 1. The highest BCUT2D eigenvalue weighted by Gasteiger charge is 2.19. The van der Waals surface area contributed by atoms with Gasteiger partial charge in [-0.2, -0.15) is 0 Å². The van der Waals surface area contributed by atoms with Crippen molar-refractivity contribution in [2.75, 3.05) is 0 Å². The first kappa shape index (κ1) is 14.3. The summed E-state index contributed by atoms with van der Waals surface area (Å²) in [4.78, 5) is 15.3. The summed E-state index contributed by atoms with van der Waals surface area (Å²) in [5.74, 6) is -1.40. The summed E-state index contributed by atoms with van der Waals surface area (Å²) in [6.45, 7) is 0. The monoisotopic (exact) mass is 316 g/mol. The van der Waals surface area contributed by atoms with Crippen molar-refractivity contribution in [3.8, 4) is 17.1 Å². The number of carboxylic acid groups (broad SMARTS) is 1. The van der Waals surface area contributed by atoms with E-state index in [1.54, 1.807) is 42.5 Å². The summed E-state index contributed by atoms with van der Waals surface area (Å²) in [6, 6.07) is 12.9. The third-order valence-corrected chi connectivity index (χ3v) is 3.48. The lowest BCUT2D eigenvalue weighted by molar-refractivity contribution is 0.0691. The van der Waals surface area contributed by atoms with Gasteiger partial charge in [-0.25, -0.2) is 14.2 Å². The highest BCUT2D eigenvalue weighted by atomic mass is 35.5. The lowest BCUT2D eigenvalue weighted by Crippen LogP contribution is -1.99. The smallest absolute Gasteiger partial charge is 0.356 e. The van der Waals surface area contributed by atoms with Gasteiger partial charge in [0.25, 0.3) is 0 Å². The molecule has 0 aliphatic rings. The Labute approximate surface area is 130 Å². The molecule has 3 rings (SSSR count). The molecule has 1 heterocycles. The SMILES string of the molecule is O=C(O)c1cn(-c2ccccc2F)c(-c2ccccc2Cl)n1. The van der Waals surface area contributed by atoms with Crippen LogP contribution in [0.15, 0.2) is 54.7 Å². The van der Waals surface area contributed by atoms with Gasteiger partial charge in [-0.05, 0) is 24.3 Å². The zero-order chi connectivity index (χ0) is 15.7. The van der Waals surface area contributed by atoms with Crippen LogP contribution in [0.1, 0.15) is 10.5 Å². The van der Waals surface area contributed by atoms with Gasteiger partial charge in [-0.3, -0.25) is 4.57 Å². The maximum Gasteiger partial charge on any atom is 0.356 e. The molecule has 2 aromatic carbocycles. The molecule has 6 heteroatoms. The van der Waals surface area contributed by atoms with Crippen molar-refractivity contribution in [3.05, 3.63) is 71.3 Å². The largest absolute Gasteiger partial charge is 0.476 e. The van der Waals surface area contributed by atoms with E-state index in [1.807, 2.05) is 0 Å². The Balaban J connectivity index is 2.28. The number of carboxylic acids is 1. The highest BCUT2D eigenvalue weighted by Crippen LogP contribution is 2.29. The highest BCUT2D eigenvalue weighted by molar-refractivity contribution is 6.33. The van der Waals surface area contributed by atoms with Gasteiger partial charge < -0.3 is 5.11 Å². The maximum atomic E-state index is 14.1. The molecule has 110 valence electrons. The normalized spacial score (nSPS) is 10.6. The second-order valence-electron chi connectivity index (χ2n) is 4.56. The number of hydrogen-bond acceptors (Lipinski definition) is 2. The summed E-state index contributed by atoms with van der Waals surface area (Å²) in [5, 5.41) is 9.56. The third kappa shape index (κ3) is 2.46. The number of hydrogen-bond donors (Lipinski definition) is 1. The van der Waals surface area contributed by atoms with Crippen LogP contribution in [0.25, 0.3) is 17.1 Å². The molecule has 0 fully saturated rings. The van der Waals surface area contributed by atoms with Gasteiger partial charge in [0.2, 0.25) is 0 Å². The standard InChI is InChI=1S/C16H10ClFN2O2/c17-11-6-2-1-5-10(11)15-19-13(16(21)22)9-20(15)14-8-4-3-7-12(14)18/h1-9H,(H,21,22). The van der Waals surface area contributed by atoms with Crippen LogP contribution in [-0.2, 0) is 0 Å². The molecule has 3 aromatic rings. The van der Waals surface area contributed by atoms with Gasteiger partial charge in [0.15, 0.2) is 5.69 Å². The number of aromatic nitrogens is 2. The van der Waals surface area contributed by atoms with Crippen molar-refractivity contribution in [2.45, 2.75) is 0 Å². The van der Waals surface area contributed by atoms with Crippen molar-refractivity contribution in [1.82, 2.24) is 9.55 Å². The average molecular weight is 317 g/mol. The molecule has 0 unspecified atom stereocenters. The van der Waals surface area contributed by atoms with Crippen molar-refractivity contribution in [1.29, 1.82) is 0 Å². The maximum absolute atomic E-state index is 14.1. The third-order valence-electron chi connectivity index (χ3n) is 3.15. The molecule has 0 aliphatic heterocycles. The van der Waals surface area contributed by atoms with Crippen molar-refractivity contribution >= 4 is 17.6 Å². The number of imidazole rings is 1. The molecule has 0 saturated carbocycles. The first-order valence-corrected chi connectivity index (χ1v) is 6.78. The number of para-hydroxylation sites is 1. The molecule has 0 amide bonds. The number of nitrogens with zero attached hydrogens (tertiary/aromatic N) is 2. The minimum Gasteiger partial charge on any atom is -0.476 e. The fraction of sp³-hybridized carbons (Fsp3) is 0. The minimum atomic E-state index is -1.19. The van der Waals surface area contributed by atoms with E-state index in [0.717, 1.165) is 0 Å². The fourth-order valence-corrected chi connectivity index (χ4v) is 2.37. The molecule has 0 bridgehead atoms. The number of rotatable bonds is 3. The lowest BCUT2D eigenvalue weighted by atomic mass is 10.2. The van der Waals surface area contributed by atoms with E-state index in [4.69, 9.17) is 16.7 Å². The Bertz CT molecular complexity index is 798. The van der Waals surface area contributed by atoms with Gasteiger partial charge in [0.05, 0.1) is 10.7 Å². The molecule has 0 aliphatic carbocycles. The zero-order valence-corrected chi connectivity index (χ0v) is 12.0. The van der Waals surface area contributed by atoms with Gasteiger partial charge >= 0.3 is 5.97 Å². The number of benzene rings is 2. The first-order valence-electron chi connectivity index (χ1n) is 6.40. The van der Waals surface area contributed by atoms with Crippen molar-refractivity contribution < 1.29 is 14.3 Å². The molecule has 0 saturated heterocycles. The summed E-state index contributed by atoms with van der Waals surface area (Å²) >= 11 is 6.15. The van der Waals surface area contributed by atoms with Gasteiger partial charge in [0, 0.05) is 11.8 Å². The van der Waals surface area contributed by atoms with E-state index in [0.29, 0.717) is 10.6 Å². The Hall–Kier alpha value is -2.66. The number of halogens is 2. The zero-order valence-electron chi connectivity index (χ0n) is 11.2. The average Bonchev–Trinajstić information content (AvgIpc) is 2.93. The molecule has 0 radical (unpaired) electrons. The van der Waals surface area contributed by atoms with E-state index in [-0.39, 0.29) is 17.2 Å². The van der Waals surface area contributed by atoms with Crippen LogP contribution in [0.4, 0.5) is 4.39 Å². The van der Waals surface area contributed by atoms with Crippen LogP contribution >= 0.6 is 11.6 Å². The van der Waals surface area contributed by atoms with Crippen LogP contribution in [0.5, 0.6) is 0 Å². The quantitative estimate of drug-likeness (QED) is 0.793. The van der Waals surface area contributed by atoms with Gasteiger partial charge in [0.1, 0.15) is 11.6 Å². The molecular formula is C16H10ClFN2O2. The van der Waals surface area contributed by atoms with Crippen LogP contribution in [0, 0.1) is 5.82 Å². The van der Waals surface area contributed by atoms with Crippen LogP contribution in [0.2, 0.25) is 5.02 Å². The van der Waals surface area contributed by atoms with Crippen LogP contribution in [0.3, 0.4) is 0 Å². The van der Waals surface area contributed by atoms with Crippen LogP contribution in [-0.4, -0.2) is 20.6 Å². The van der Waals surface area contributed by atoms with Gasteiger partial charge in [-0.1, -0.05) is 35.9 Å². The van der Waals surface area contributed by atoms with Crippen molar-refractivity contribution in [3.63, 3.8) is 0 Å². The summed E-state index contributed by atoms with van der Waals surface area (Å²) in [7, 11) is 0. The second kappa shape index (κ2) is 5.61. The van der Waals surface area contributed by atoms with Crippen molar-refractivity contribution in [2.24, 2.45) is 0 Å². The minimum absolute atomic E-state index is 0.182. The molecule has 1 aromatic heterocycles. The van der Waals surface area contributed by atoms with Crippen LogP contribution < -0.4 is 0 Å². The van der Waals surface area contributed by atoms with E-state index < -0.39 is 11.8 Å². The summed E-state index contributed by atoms with van der Waals surface area (Å²) < 4.78 is 15.4. The molecule has 22 heavy (non-hydrogen) atoms. The molecule has 0 spiro atoms. The molecule has 0 atom stereocenters. The van der Waals surface area contributed by atoms with E-state index in [2.05, 4.69) is 4.98 Å². The topological polar surface area (TPSA) is 55.1 Å². The summed E-state index contributed by atoms with van der Waals surface area (Å²) in [6.07, 6.45) is 1.28. The van der Waals surface area contributed by atoms with E-state index >= 15 is 0 Å². The Morgan fingerprint density at radius 1 is 1.14 bits per heavy atom. The lowest BCUT2D eigenvalue weighted by Gasteiger charge is -2.09. The Morgan fingerprint density at radius 2 is 1.82 bits per heavy atom. The predicted molar refractivity (Wildman–Crippen MR) is 80.9 cm³/mol. The van der Waals surface area contributed by atoms with E-state index in [9.17, 15) is 9.18 Å². The molecule has 4 nitrogen and oxygen atoms in total. The first-order chi connectivity index (χ1) is 10.6. The summed E-state index contributed by atoms with van der Waals surface area (Å²) in [5.41, 5.74) is 0.551. The Morgan fingerprint density at radius 3 is 2.50 bits per heavy atom. The predicted octanol–water partition coefficient (Wildman–Crippen LogP) is 4.03. The van der Waals surface area contributed by atoms with Gasteiger partial charge in [-0.15, -0.1) is 0 Å². The van der Waals surface area contributed by atoms with E-state index in [1.165, 1.54) is 16.8 Å². The molecule has 1 N–H and O–H groups in total. The molecular weight excluding hydrogens is 307 g/mol.